The molecule has 0 aliphatic carbocycles. The van der Waals surface area contributed by atoms with Crippen LogP contribution in [0.1, 0.15) is 5.56 Å². The molecule has 1 aromatic rings. The second kappa shape index (κ2) is 6.87. The van der Waals surface area contributed by atoms with Gasteiger partial charge in [0.2, 0.25) is 0 Å². The molecular formula is C15H23FN4O. The standard InChI is InChI=1S/C15H23FN4O/c1-11-4-5-13(16)14(8-11)18-15(21)17-9-12-10-19(2)6-7-20(12)3/h4-5,8,12H,6-7,9-10H2,1-3H3,(H2,17,18,21). The fourth-order valence-electron chi connectivity index (χ4n) is 2.43. The topological polar surface area (TPSA) is 47.6 Å². The number of piperazine rings is 1. The summed E-state index contributed by atoms with van der Waals surface area (Å²) < 4.78 is 13.6. The first-order valence-corrected chi connectivity index (χ1v) is 7.15. The van der Waals surface area contributed by atoms with Gasteiger partial charge in [-0.2, -0.15) is 0 Å². The van der Waals surface area contributed by atoms with Crippen molar-refractivity contribution in [2.45, 2.75) is 13.0 Å². The number of carbonyl (C=O) groups excluding carboxylic acids is 1. The number of anilines is 1. The number of nitrogens with zero attached hydrogens (tertiary/aromatic N) is 2. The van der Waals surface area contributed by atoms with Gasteiger partial charge in [0.1, 0.15) is 5.82 Å². The zero-order chi connectivity index (χ0) is 15.4. The Hall–Kier alpha value is -1.66. The highest BCUT2D eigenvalue weighted by Crippen LogP contribution is 2.15. The lowest BCUT2D eigenvalue weighted by molar-refractivity contribution is 0.115. The smallest absolute Gasteiger partial charge is 0.319 e. The fraction of sp³-hybridized carbons (Fsp3) is 0.533. The number of hydrogen-bond acceptors (Lipinski definition) is 3. The van der Waals surface area contributed by atoms with E-state index >= 15 is 0 Å². The molecule has 1 aliphatic rings. The van der Waals surface area contributed by atoms with Crippen LogP contribution in [0.25, 0.3) is 0 Å². The summed E-state index contributed by atoms with van der Waals surface area (Å²) >= 11 is 0. The summed E-state index contributed by atoms with van der Waals surface area (Å²) in [5, 5.41) is 5.37. The number of hydrogen-bond donors (Lipinski definition) is 2. The fourth-order valence-corrected chi connectivity index (χ4v) is 2.43. The number of amides is 2. The maximum atomic E-state index is 13.6. The number of rotatable bonds is 3. The molecule has 1 atom stereocenters. The van der Waals surface area contributed by atoms with E-state index in [0.29, 0.717) is 6.54 Å². The molecule has 1 aromatic carbocycles. The number of carbonyl (C=O) groups is 1. The minimum absolute atomic E-state index is 0.210. The SMILES string of the molecule is Cc1ccc(F)c(NC(=O)NCC2CN(C)CCN2C)c1. The average Bonchev–Trinajstić information content (AvgIpc) is 2.44. The Morgan fingerprint density at radius 1 is 1.38 bits per heavy atom. The van der Waals surface area contributed by atoms with Crippen LogP contribution in [0.15, 0.2) is 18.2 Å². The van der Waals surface area contributed by atoms with Crippen LogP contribution in [-0.2, 0) is 0 Å². The monoisotopic (exact) mass is 294 g/mol. The van der Waals surface area contributed by atoms with Crippen LogP contribution in [0, 0.1) is 12.7 Å². The van der Waals surface area contributed by atoms with Crippen molar-refractivity contribution in [3.05, 3.63) is 29.6 Å². The van der Waals surface area contributed by atoms with Crippen LogP contribution < -0.4 is 10.6 Å². The van der Waals surface area contributed by atoms with Crippen LogP contribution in [0.2, 0.25) is 0 Å². The van der Waals surface area contributed by atoms with E-state index in [2.05, 4.69) is 34.5 Å². The number of nitrogens with one attached hydrogen (secondary N) is 2. The van der Waals surface area contributed by atoms with E-state index in [4.69, 9.17) is 0 Å². The maximum absolute atomic E-state index is 13.6. The van der Waals surface area contributed by atoms with E-state index in [0.717, 1.165) is 25.2 Å². The highest BCUT2D eigenvalue weighted by molar-refractivity contribution is 5.89. The molecule has 0 bridgehead atoms. The van der Waals surface area contributed by atoms with E-state index in [-0.39, 0.29) is 17.8 Å². The van der Waals surface area contributed by atoms with Gasteiger partial charge in [-0.25, -0.2) is 9.18 Å². The maximum Gasteiger partial charge on any atom is 0.319 e. The van der Waals surface area contributed by atoms with Gasteiger partial charge in [-0.3, -0.25) is 4.90 Å². The van der Waals surface area contributed by atoms with E-state index in [9.17, 15) is 9.18 Å². The van der Waals surface area contributed by atoms with Crippen molar-refractivity contribution in [3.63, 3.8) is 0 Å². The third kappa shape index (κ3) is 4.41. The van der Waals surface area contributed by atoms with Gasteiger partial charge in [-0.1, -0.05) is 6.07 Å². The van der Waals surface area contributed by atoms with Gasteiger partial charge >= 0.3 is 6.03 Å². The summed E-state index contributed by atoms with van der Waals surface area (Å²) in [6, 6.07) is 4.55. The van der Waals surface area contributed by atoms with Crippen molar-refractivity contribution >= 4 is 11.7 Å². The molecule has 1 saturated heterocycles. The molecule has 0 radical (unpaired) electrons. The summed E-state index contributed by atoms with van der Waals surface area (Å²) in [7, 11) is 4.12. The summed E-state index contributed by atoms with van der Waals surface area (Å²) in [5.41, 5.74) is 1.11. The minimum atomic E-state index is -0.426. The number of aryl methyl sites for hydroxylation is 1. The van der Waals surface area contributed by atoms with Gasteiger partial charge in [-0.15, -0.1) is 0 Å². The molecule has 2 rings (SSSR count). The molecule has 2 amide bonds. The second-order valence-corrected chi connectivity index (χ2v) is 5.72. The average molecular weight is 294 g/mol. The molecule has 21 heavy (non-hydrogen) atoms. The summed E-state index contributed by atoms with van der Waals surface area (Å²) in [4.78, 5) is 16.4. The highest BCUT2D eigenvalue weighted by atomic mass is 19.1. The first-order valence-electron chi connectivity index (χ1n) is 7.15. The predicted molar refractivity (Wildman–Crippen MR) is 82.1 cm³/mol. The number of urea groups is 1. The largest absolute Gasteiger partial charge is 0.336 e. The Morgan fingerprint density at radius 3 is 2.90 bits per heavy atom. The molecule has 1 aliphatic heterocycles. The minimum Gasteiger partial charge on any atom is -0.336 e. The Kier molecular flexibility index (Phi) is 5.14. The normalized spacial score (nSPS) is 20.3. The molecule has 2 N–H and O–H groups in total. The first-order chi connectivity index (χ1) is 9.95. The molecule has 1 unspecified atom stereocenters. The Bertz CT molecular complexity index is 508. The van der Waals surface area contributed by atoms with Crippen molar-refractivity contribution in [2.75, 3.05) is 45.6 Å². The first kappa shape index (κ1) is 15.7. The molecule has 5 nitrogen and oxygen atoms in total. The van der Waals surface area contributed by atoms with Crippen molar-refractivity contribution in [1.82, 2.24) is 15.1 Å². The van der Waals surface area contributed by atoms with E-state index < -0.39 is 5.82 Å². The van der Waals surface area contributed by atoms with Crippen molar-refractivity contribution in [1.29, 1.82) is 0 Å². The summed E-state index contributed by atoms with van der Waals surface area (Å²) in [6.07, 6.45) is 0. The van der Waals surface area contributed by atoms with Gasteiger partial charge < -0.3 is 15.5 Å². The van der Waals surface area contributed by atoms with Crippen molar-refractivity contribution in [3.8, 4) is 0 Å². The summed E-state index contributed by atoms with van der Waals surface area (Å²) in [5.74, 6) is -0.426. The number of halogens is 1. The third-order valence-electron chi connectivity index (χ3n) is 3.85. The molecule has 1 heterocycles. The molecule has 0 aromatic heterocycles. The zero-order valence-electron chi connectivity index (χ0n) is 12.8. The summed E-state index contributed by atoms with van der Waals surface area (Å²) in [6.45, 7) is 5.33. The lowest BCUT2D eigenvalue weighted by Crippen LogP contribution is -2.54. The van der Waals surface area contributed by atoms with Gasteiger partial charge in [0.05, 0.1) is 5.69 Å². The highest BCUT2D eigenvalue weighted by Gasteiger charge is 2.22. The molecular weight excluding hydrogens is 271 g/mol. The van der Waals surface area contributed by atoms with Crippen molar-refractivity contribution < 1.29 is 9.18 Å². The van der Waals surface area contributed by atoms with E-state index in [1.165, 1.54) is 6.07 Å². The van der Waals surface area contributed by atoms with Crippen LogP contribution in [0.5, 0.6) is 0 Å². The lowest BCUT2D eigenvalue weighted by Gasteiger charge is -2.37. The van der Waals surface area contributed by atoms with Gasteiger partial charge in [0.25, 0.3) is 0 Å². The second-order valence-electron chi connectivity index (χ2n) is 5.72. The Balaban J connectivity index is 1.86. The quantitative estimate of drug-likeness (QED) is 0.888. The Morgan fingerprint density at radius 2 is 2.14 bits per heavy atom. The van der Waals surface area contributed by atoms with Gasteiger partial charge in [0.15, 0.2) is 0 Å². The van der Waals surface area contributed by atoms with Crippen LogP contribution >= 0.6 is 0 Å². The van der Waals surface area contributed by atoms with E-state index in [1.54, 1.807) is 12.1 Å². The van der Waals surface area contributed by atoms with Crippen molar-refractivity contribution in [2.24, 2.45) is 0 Å². The molecule has 116 valence electrons. The zero-order valence-corrected chi connectivity index (χ0v) is 12.8. The van der Waals surface area contributed by atoms with Gasteiger partial charge in [-0.05, 0) is 38.7 Å². The molecule has 0 spiro atoms. The van der Waals surface area contributed by atoms with Crippen LogP contribution in [-0.4, -0.2) is 62.1 Å². The lowest BCUT2D eigenvalue weighted by atomic mass is 10.2. The predicted octanol–water partition coefficient (Wildman–Crippen LogP) is 1.50. The molecule has 1 fully saturated rings. The van der Waals surface area contributed by atoms with Crippen LogP contribution in [0.3, 0.4) is 0 Å². The Labute approximate surface area is 125 Å². The number of likely N-dealkylation sites (N-methyl/N-ethyl adjacent to an activating group) is 2. The molecule has 6 heteroatoms. The van der Waals surface area contributed by atoms with Crippen LogP contribution in [0.4, 0.5) is 14.9 Å². The van der Waals surface area contributed by atoms with E-state index in [1.807, 2.05) is 6.92 Å². The molecule has 0 saturated carbocycles. The number of benzene rings is 1. The van der Waals surface area contributed by atoms with Gasteiger partial charge in [0, 0.05) is 32.2 Å². The third-order valence-corrected chi connectivity index (χ3v) is 3.85.